The Labute approximate surface area is 273 Å². The molecule has 1 aliphatic carbocycles. The molecule has 3 heterocycles. The summed E-state index contributed by atoms with van der Waals surface area (Å²) in [5, 5.41) is 0. The molecule has 0 amide bonds. The van der Waals surface area contributed by atoms with Gasteiger partial charge < -0.3 is 19.3 Å². The summed E-state index contributed by atoms with van der Waals surface area (Å²) in [6.45, 7) is 17.6. The van der Waals surface area contributed by atoms with Crippen LogP contribution in [-0.4, -0.2) is 28.3 Å². The van der Waals surface area contributed by atoms with Gasteiger partial charge in [-0.25, -0.2) is 0 Å². The molecule has 1 fully saturated rings. The van der Waals surface area contributed by atoms with Crippen LogP contribution in [0.15, 0.2) is 79.1 Å². The van der Waals surface area contributed by atoms with E-state index in [9.17, 15) is 0 Å². The minimum Gasteiger partial charge on any atom is -0.400 e. The third-order valence-corrected chi connectivity index (χ3v) is 9.02. The van der Waals surface area contributed by atoms with E-state index < -0.39 is 0 Å². The summed E-state index contributed by atoms with van der Waals surface area (Å²) in [6.07, 6.45) is 6.10. The quantitative estimate of drug-likeness (QED) is 0.156. The fourth-order valence-corrected chi connectivity index (χ4v) is 5.46. The molecular formula is C37H45BIrN2O2-2. The Morgan fingerprint density at radius 3 is 1.70 bits per heavy atom. The van der Waals surface area contributed by atoms with Gasteiger partial charge in [0.15, 0.2) is 0 Å². The number of pyridine rings is 2. The smallest absolute Gasteiger partial charge is 0.400 e. The fraction of sp³-hybridized carbons (Fsp3) is 0.405. The summed E-state index contributed by atoms with van der Waals surface area (Å²) in [7, 11) is -0.355. The predicted octanol–water partition coefficient (Wildman–Crippen LogP) is 8.38. The Balaban J connectivity index is 0.000000225. The fourth-order valence-electron chi connectivity index (χ4n) is 5.46. The molecule has 0 unspecified atom stereocenters. The van der Waals surface area contributed by atoms with Gasteiger partial charge in [-0.05, 0) is 68.5 Å². The van der Waals surface area contributed by atoms with E-state index in [4.69, 9.17) is 9.31 Å². The third kappa shape index (κ3) is 7.37. The Hall–Kier alpha value is -2.63. The molecule has 1 aliphatic heterocycles. The van der Waals surface area contributed by atoms with Gasteiger partial charge in [-0.15, -0.1) is 70.2 Å². The van der Waals surface area contributed by atoms with Gasteiger partial charge in [-0.1, -0.05) is 65.8 Å². The molecule has 6 heteroatoms. The van der Waals surface area contributed by atoms with Crippen molar-refractivity contribution in [2.45, 2.75) is 97.7 Å². The van der Waals surface area contributed by atoms with Crippen LogP contribution in [0.25, 0.3) is 22.5 Å². The van der Waals surface area contributed by atoms with E-state index in [-0.39, 0.29) is 56.7 Å². The maximum absolute atomic E-state index is 6.08. The van der Waals surface area contributed by atoms with E-state index in [0.29, 0.717) is 0 Å². The Morgan fingerprint density at radius 1 is 0.674 bits per heavy atom. The van der Waals surface area contributed by atoms with E-state index in [0.717, 1.165) is 28.0 Å². The van der Waals surface area contributed by atoms with Crippen molar-refractivity contribution in [3.63, 3.8) is 0 Å². The van der Waals surface area contributed by atoms with E-state index in [1.54, 1.807) is 6.20 Å². The maximum atomic E-state index is 6.08. The predicted molar refractivity (Wildman–Crippen MR) is 175 cm³/mol. The molecule has 1 saturated heterocycles. The average Bonchev–Trinajstić information content (AvgIpc) is 3.19. The molecule has 6 rings (SSSR count). The zero-order valence-corrected chi connectivity index (χ0v) is 28.4. The van der Waals surface area contributed by atoms with Crippen LogP contribution >= 0.6 is 0 Å². The summed E-state index contributed by atoms with van der Waals surface area (Å²) >= 11 is 0. The first kappa shape index (κ1) is 34.9. The Bertz CT molecular complexity index is 1490. The number of aromatic nitrogens is 2. The zero-order valence-electron chi connectivity index (χ0n) is 26.0. The normalized spacial score (nSPS) is 18.7. The molecule has 229 valence electrons. The van der Waals surface area contributed by atoms with Gasteiger partial charge in [-0.3, -0.25) is 0 Å². The summed E-state index contributed by atoms with van der Waals surface area (Å²) in [6, 6.07) is 29.0. The van der Waals surface area contributed by atoms with Crippen molar-refractivity contribution in [3.8, 4) is 22.5 Å². The summed E-state index contributed by atoms with van der Waals surface area (Å²) in [5.41, 5.74) is 7.70. The second-order valence-corrected chi connectivity index (χ2v) is 13.5. The van der Waals surface area contributed by atoms with Crippen LogP contribution in [0.2, 0.25) is 0 Å². The van der Waals surface area contributed by atoms with Gasteiger partial charge in [-0.2, -0.15) is 0 Å². The standard InChI is InChI=1S/C19H22N.C17H19BNO2.CH4.Ir/c1-18(2)10-11-19(3,4)16-13-14(8-9-15(16)18)17-7-5-6-12-20-17;1-16(2)17(3,4)21-18(20-16)14-9-7-8-13(12-14)15-10-5-6-11-19-15;;/h5-7,9,12-13H,10-11H2,1-4H3;5-7,9-12H,1-4H3;1H4;/q2*-1;;. The van der Waals surface area contributed by atoms with Crippen molar-refractivity contribution < 1.29 is 29.4 Å². The monoisotopic (exact) mass is 753 g/mol. The van der Waals surface area contributed by atoms with Gasteiger partial charge >= 0.3 is 7.12 Å². The number of hydrogen-bond donors (Lipinski definition) is 0. The maximum Gasteiger partial charge on any atom is 0.475 e. The molecule has 0 saturated carbocycles. The number of benzene rings is 2. The van der Waals surface area contributed by atoms with Crippen LogP contribution in [0.3, 0.4) is 0 Å². The van der Waals surface area contributed by atoms with Gasteiger partial charge in [0.1, 0.15) is 0 Å². The molecule has 0 spiro atoms. The van der Waals surface area contributed by atoms with E-state index in [2.05, 4.69) is 95.7 Å². The van der Waals surface area contributed by atoms with Crippen molar-refractivity contribution >= 4 is 12.6 Å². The van der Waals surface area contributed by atoms with E-state index in [1.807, 2.05) is 54.7 Å². The van der Waals surface area contributed by atoms with Crippen LogP contribution in [0, 0.1) is 12.1 Å². The molecular weight excluding hydrogens is 707 g/mol. The molecule has 2 aromatic carbocycles. The molecule has 0 N–H and O–H groups in total. The molecule has 43 heavy (non-hydrogen) atoms. The second kappa shape index (κ2) is 13.2. The van der Waals surface area contributed by atoms with Crippen molar-refractivity contribution in [1.29, 1.82) is 0 Å². The van der Waals surface area contributed by atoms with E-state index in [1.165, 1.54) is 24.0 Å². The number of nitrogens with zero attached hydrogens (tertiary/aromatic N) is 2. The van der Waals surface area contributed by atoms with Crippen LogP contribution in [0.1, 0.15) is 86.8 Å². The molecule has 4 aromatic rings. The molecule has 1 radical (unpaired) electrons. The van der Waals surface area contributed by atoms with Gasteiger partial charge in [0, 0.05) is 32.5 Å². The van der Waals surface area contributed by atoms with Crippen molar-refractivity contribution in [3.05, 3.63) is 102 Å². The second-order valence-electron chi connectivity index (χ2n) is 13.5. The number of hydrogen-bond acceptors (Lipinski definition) is 4. The zero-order chi connectivity index (χ0) is 29.5. The molecule has 2 aromatic heterocycles. The van der Waals surface area contributed by atoms with Crippen LogP contribution in [0.5, 0.6) is 0 Å². The number of fused-ring (bicyclic) bond motifs is 1. The summed E-state index contributed by atoms with van der Waals surface area (Å²) in [4.78, 5) is 8.81. The van der Waals surface area contributed by atoms with Crippen molar-refractivity contribution in [1.82, 2.24) is 9.97 Å². The Kier molecular flexibility index (Phi) is 10.7. The van der Waals surface area contributed by atoms with Gasteiger partial charge in [0.25, 0.3) is 0 Å². The minimum absolute atomic E-state index is 0. The largest absolute Gasteiger partial charge is 0.475 e. The van der Waals surface area contributed by atoms with Crippen molar-refractivity contribution in [2.24, 2.45) is 0 Å². The summed E-state index contributed by atoms with van der Waals surface area (Å²) in [5.74, 6) is 0. The molecule has 4 nitrogen and oxygen atoms in total. The van der Waals surface area contributed by atoms with Crippen LogP contribution in [0.4, 0.5) is 0 Å². The van der Waals surface area contributed by atoms with E-state index >= 15 is 0 Å². The first-order valence-corrected chi connectivity index (χ1v) is 14.6. The van der Waals surface area contributed by atoms with Crippen molar-refractivity contribution in [2.75, 3.05) is 0 Å². The molecule has 2 aliphatic rings. The molecule has 0 bridgehead atoms. The van der Waals surface area contributed by atoms with Gasteiger partial charge in [0.2, 0.25) is 0 Å². The topological polar surface area (TPSA) is 44.2 Å². The third-order valence-electron chi connectivity index (χ3n) is 9.02. The first-order chi connectivity index (χ1) is 19.3. The minimum atomic E-state index is -0.355. The average molecular weight is 753 g/mol. The number of rotatable bonds is 3. The Morgan fingerprint density at radius 2 is 1.19 bits per heavy atom. The SMILES string of the molecule is C.CC1(C)CCC(C)(C)c2cc(-c3ccccn3)[c-]cc21.CC1(C)OB(c2cc[c-]c(-c3ccccn3)c2)OC1(C)C.[Ir]. The van der Waals surface area contributed by atoms with Crippen LogP contribution < -0.4 is 5.46 Å². The summed E-state index contributed by atoms with van der Waals surface area (Å²) < 4.78 is 12.2. The van der Waals surface area contributed by atoms with Crippen LogP contribution in [-0.2, 0) is 40.2 Å². The first-order valence-electron chi connectivity index (χ1n) is 14.6. The molecule has 0 atom stereocenters. The van der Waals surface area contributed by atoms with Gasteiger partial charge in [0.05, 0.1) is 11.2 Å².